The zero-order valence-corrected chi connectivity index (χ0v) is 14.2. The molecule has 0 fully saturated rings. The summed E-state index contributed by atoms with van der Waals surface area (Å²) in [6.45, 7) is 3.41. The maximum Gasteiger partial charge on any atom is 0.229 e. The molecule has 6 nitrogen and oxygen atoms in total. The van der Waals surface area contributed by atoms with Crippen LogP contribution in [-0.2, 0) is 4.79 Å². The van der Waals surface area contributed by atoms with E-state index in [0.717, 1.165) is 31.0 Å². The van der Waals surface area contributed by atoms with Gasteiger partial charge in [-0.2, -0.15) is 0 Å². The van der Waals surface area contributed by atoms with Gasteiger partial charge in [0.1, 0.15) is 5.75 Å². The quantitative estimate of drug-likeness (QED) is 0.766. The highest BCUT2D eigenvalue weighted by molar-refractivity contribution is 5.89. The van der Waals surface area contributed by atoms with Crippen LogP contribution in [0.2, 0.25) is 0 Å². The SMILES string of the molecule is CCCCN(C)c1ccc(NC(=O)CCOc2ccccc2)nn1. The number of amides is 1. The van der Waals surface area contributed by atoms with Crippen LogP contribution in [0.5, 0.6) is 5.75 Å². The standard InChI is InChI=1S/C18H24N4O2/c1-3-4-13-22(2)17-11-10-16(20-21-17)19-18(23)12-14-24-15-8-6-5-7-9-15/h5-11H,3-4,12-14H2,1-2H3,(H,19,20,23). The van der Waals surface area contributed by atoms with E-state index in [1.54, 1.807) is 6.07 Å². The van der Waals surface area contributed by atoms with Gasteiger partial charge in [-0.3, -0.25) is 4.79 Å². The van der Waals surface area contributed by atoms with Gasteiger partial charge in [0, 0.05) is 13.6 Å². The number of aromatic nitrogens is 2. The van der Waals surface area contributed by atoms with Crippen molar-refractivity contribution < 1.29 is 9.53 Å². The molecule has 0 radical (unpaired) electrons. The van der Waals surface area contributed by atoms with Crippen LogP contribution in [0.1, 0.15) is 26.2 Å². The summed E-state index contributed by atoms with van der Waals surface area (Å²) in [5.74, 6) is 1.86. The maximum absolute atomic E-state index is 11.9. The van der Waals surface area contributed by atoms with Gasteiger partial charge in [-0.05, 0) is 30.7 Å². The molecule has 128 valence electrons. The molecule has 6 heteroatoms. The summed E-state index contributed by atoms with van der Waals surface area (Å²) in [5.41, 5.74) is 0. The van der Waals surface area contributed by atoms with Crippen molar-refractivity contribution >= 4 is 17.5 Å². The van der Waals surface area contributed by atoms with Crippen molar-refractivity contribution in [3.8, 4) is 5.75 Å². The number of carbonyl (C=O) groups is 1. The Morgan fingerprint density at radius 1 is 1.17 bits per heavy atom. The Labute approximate surface area is 142 Å². The molecule has 0 bridgehead atoms. The van der Waals surface area contributed by atoms with E-state index < -0.39 is 0 Å². The molecule has 2 aromatic rings. The highest BCUT2D eigenvalue weighted by Crippen LogP contribution is 2.12. The van der Waals surface area contributed by atoms with E-state index in [2.05, 4.69) is 27.3 Å². The summed E-state index contributed by atoms with van der Waals surface area (Å²) in [4.78, 5) is 13.9. The van der Waals surface area contributed by atoms with Crippen molar-refractivity contribution in [2.24, 2.45) is 0 Å². The lowest BCUT2D eigenvalue weighted by Gasteiger charge is -2.17. The maximum atomic E-state index is 11.9. The second-order valence-electron chi connectivity index (χ2n) is 5.51. The first-order chi connectivity index (χ1) is 11.7. The molecule has 1 aromatic heterocycles. The molecular formula is C18H24N4O2. The van der Waals surface area contributed by atoms with Crippen molar-refractivity contribution in [3.05, 3.63) is 42.5 Å². The van der Waals surface area contributed by atoms with Crippen LogP contribution in [0.25, 0.3) is 0 Å². The number of nitrogens with zero attached hydrogens (tertiary/aromatic N) is 3. The van der Waals surface area contributed by atoms with E-state index in [1.165, 1.54) is 0 Å². The summed E-state index contributed by atoms with van der Waals surface area (Å²) < 4.78 is 5.50. The number of para-hydroxylation sites is 1. The van der Waals surface area contributed by atoms with Crippen molar-refractivity contribution in [1.82, 2.24) is 10.2 Å². The third kappa shape index (κ3) is 5.87. The van der Waals surface area contributed by atoms with Crippen LogP contribution in [0.15, 0.2) is 42.5 Å². The fourth-order valence-corrected chi connectivity index (χ4v) is 2.09. The van der Waals surface area contributed by atoms with Crippen molar-refractivity contribution in [2.75, 3.05) is 30.4 Å². The van der Waals surface area contributed by atoms with E-state index in [1.807, 2.05) is 43.4 Å². The normalized spacial score (nSPS) is 10.2. The third-order valence-electron chi connectivity index (χ3n) is 3.50. The van der Waals surface area contributed by atoms with Crippen molar-refractivity contribution in [1.29, 1.82) is 0 Å². The lowest BCUT2D eigenvalue weighted by molar-refractivity contribution is -0.116. The number of nitrogens with one attached hydrogen (secondary N) is 1. The fourth-order valence-electron chi connectivity index (χ4n) is 2.09. The molecule has 0 aliphatic carbocycles. The Morgan fingerprint density at radius 3 is 2.62 bits per heavy atom. The monoisotopic (exact) mass is 328 g/mol. The number of unbranched alkanes of at least 4 members (excludes halogenated alkanes) is 1. The Bertz CT molecular complexity index is 617. The van der Waals surface area contributed by atoms with Crippen LogP contribution in [0.3, 0.4) is 0 Å². The van der Waals surface area contributed by atoms with Crippen LogP contribution in [0, 0.1) is 0 Å². The Balaban J connectivity index is 1.75. The van der Waals surface area contributed by atoms with Crippen LogP contribution >= 0.6 is 0 Å². The number of anilines is 2. The zero-order chi connectivity index (χ0) is 17.2. The third-order valence-corrected chi connectivity index (χ3v) is 3.50. The minimum atomic E-state index is -0.146. The number of hydrogen-bond acceptors (Lipinski definition) is 5. The molecule has 0 saturated heterocycles. The van der Waals surface area contributed by atoms with Gasteiger partial charge in [0.05, 0.1) is 13.0 Å². The van der Waals surface area contributed by atoms with Gasteiger partial charge in [-0.1, -0.05) is 31.5 Å². The van der Waals surface area contributed by atoms with Crippen molar-refractivity contribution in [2.45, 2.75) is 26.2 Å². The molecule has 0 aliphatic heterocycles. The van der Waals surface area contributed by atoms with Crippen LogP contribution < -0.4 is 15.0 Å². The van der Waals surface area contributed by atoms with E-state index >= 15 is 0 Å². The summed E-state index contributed by atoms with van der Waals surface area (Å²) in [7, 11) is 1.98. The molecule has 0 unspecified atom stereocenters. The van der Waals surface area contributed by atoms with Crippen LogP contribution in [-0.4, -0.2) is 36.3 Å². The molecule has 0 saturated carbocycles. The molecule has 0 atom stereocenters. The Morgan fingerprint density at radius 2 is 1.96 bits per heavy atom. The minimum Gasteiger partial charge on any atom is -0.493 e. The van der Waals surface area contributed by atoms with Gasteiger partial charge in [0.15, 0.2) is 11.6 Å². The molecule has 1 aromatic carbocycles. The Hall–Kier alpha value is -2.63. The average molecular weight is 328 g/mol. The predicted octanol–water partition coefficient (Wildman–Crippen LogP) is 3.12. The fraction of sp³-hybridized carbons (Fsp3) is 0.389. The largest absolute Gasteiger partial charge is 0.493 e. The van der Waals surface area contributed by atoms with Crippen molar-refractivity contribution in [3.63, 3.8) is 0 Å². The first-order valence-corrected chi connectivity index (χ1v) is 8.21. The summed E-state index contributed by atoms with van der Waals surface area (Å²) in [6, 6.07) is 13.0. The second kappa shape index (κ2) is 9.50. The van der Waals surface area contributed by atoms with Gasteiger partial charge in [0.25, 0.3) is 0 Å². The smallest absolute Gasteiger partial charge is 0.229 e. The molecule has 0 spiro atoms. The van der Waals surface area contributed by atoms with Gasteiger partial charge in [0.2, 0.25) is 5.91 Å². The van der Waals surface area contributed by atoms with Gasteiger partial charge < -0.3 is 15.0 Å². The number of ether oxygens (including phenoxy) is 1. The van der Waals surface area contributed by atoms with E-state index in [-0.39, 0.29) is 12.3 Å². The lowest BCUT2D eigenvalue weighted by atomic mass is 10.3. The molecule has 1 heterocycles. The molecule has 2 rings (SSSR count). The van der Waals surface area contributed by atoms with E-state index in [4.69, 9.17) is 4.74 Å². The highest BCUT2D eigenvalue weighted by atomic mass is 16.5. The molecule has 0 aliphatic rings. The number of hydrogen-bond donors (Lipinski definition) is 1. The van der Waals surface area contributed by atoms with E-state index in [9.17, 15) is 4.79 Å². The van der Waals surface area contributed by atoms with Gasteiger partial charge in [-0.25, -0.2) is 0 Å². The minimum absolute atomic E-state index is 0.146. The first-order valence-electron chi connectivity index (χ1n) is 8.21. The second-order valence-corrected chi connectivity index (χ2v) is 5.51. The van der Waals surface area contributed by atoms with Gasteiger partial charge >= 0.3 is 0 Å². The van der Waals surface area contributed by atoms with Crippen LogP contribution in [0.4, 0.5) is 11.6 Å². The topological polar surface area (TPSA) is 67.4 Å². The predicted molar refractivity (Wildman–Crippen MR) is 95.4 cm³/mol. The highest BCUT2D eigenvalue weighted by Gasteiger charge is 2.06. The average Bonchev–Trinajstić information content (AvgIpc) is 2.61. The number of benzene rings is 1. The first kappa shape index (κ1) is 17.7. The lowest BCUT2D eigenvalue weighted by Crippen LogP contribution is -2.20. The molecule has 24 heavy (non-hydrogen) atoms. The molecule has 1 amide bonds. The van der Waals surface area contributed by atoms with Gasteiger partial charge in [-0.15, -0.1) is 10.2 Å². The molecular weight excluding hydrogens is 304 g/mol. The summed E-state index contributed by atoms with van der Waals surface area (Å²) in [6.07, 6.45) is 2.50. The van der Waals surface area contributed by atoms with E-state index in [0.29, 0.717) is 12.4 Å². The number of rotatable bonds is 9. The Kier molecular flexibility index (Phi) is 7.01. The summed E-state index contributed by atoms with van der Waals surface area (Å²) >= 11 is 0. The molecule has 1 N–H and O–H groups in total. The number of carbonyl (C=O) groups excluding carboxylic acids is 1. The summed E-state index contributed by atoms with van der Waals surface area (Å²) in [5, 5.41) is 10.9. The zero-order valence-electron chi connectivity index (χ0n) is 14.2.